The average Bonchev–Trinajstić information content (AvgIpc) is 2.48. The number of nitrogens with zero attached hydrogens (tertiary/aromatic N) is 4. The number of hydrogen-bond donors (Lipinski definition) is 1. The van der Waals surface area contributed by atoms with Crippen LogP contribution >= 0.6 is 0 Å². The number of halogens is 3. The Kier molecular flexibility index (Phi) is 5.22. The maximum atomic E-state index is 12.5. The van der Waals surface area contributed by atoms with E-state index in [0.29, 0.717) is 0 Å². The molecule has 1 aliphatic rings. The van der Waals surface area contributed by atoms with Crippen LogP contribution in [0.15, 0.2) is 18.5 Å². The van der Waals surface area contributed by atoms with Gasteiger partial charge >= 0.3 is 17.9 Å². The molecule has 24 heavy (non-hydrogen) atoms. The van der Waals surface area contributed by atoms with Crippen molar-refractivity contribution < 1.29 is 22.9 Å². The summed E-state index contributed by atoms with van der Waals surface area (Å²) in [5.74, 6) is 0. The van der Waals surface area contributed by atoms with Crippen LogP contribution in [0.4, 0.5) is 29.3 Å². The zero-order valence-electron chi connectivity index (χ0n) is 12.8. The molecule has 11 heteroatoms. The van der Waals surface area contributed by atoms with E-state index in [1.165, 1.54) is 22.1 Å². The zero-order chi connectivity index (χ0) is 17.9. The van der Waals surface area contributed by atoms with E-state index in [-0.39, 0.29) is 31.0 Å². The van der Waals surface area contributed by atoms with Gasteiger partial charge in [-0.15, -0.1) is 0 Å². The number of alkyl halides is 3. The molecule has 1 unspecified atom stereocenters. The summed E-state index contributed by atoms with van der Waals surface area (Å²) < 4.78 is 37.4. The second-order valence-electron chi connectivity index (χ2n) is 5.46. The first-order valence-electron chi connectivity index (χ1n) is 7.12. The van der Waals surface area contributed by atoms with Gasteiger partial charge in [-0.1, -0.05) is 0 Å². The van der Waals surface area contributed by atoms with E-state index in [2.05, 4.69) is 10.3 Å². The molecule has 8 nitrogen and oxygen atoms in total. The maximum Gasteiger partial charge on any atom is 0.401 e. The minimum atomic E-state index is -4.30. The minimum absolute atomic E-state index is 0.00891. The van der Waals surface area contributed by atoms with Gasteiger partial charge in [0.15, 0.2) is 0 Å². The van der Waals surface area contributed by atoms with E-state index in [1.807, 2.05) is 0 Å². The predicted octanol–water partition coefficient (Wildman–Crippen LogP) is 2.09. The highest BCUT2D eigenvalue weighted by atomic mass is 19.4. The lowest BCUT2D eigenvalue weighted by atomic mass is 10.2. The first-order valence-corrected chi connectivity index (χ1v) is 7.12. The molecule has 1 fully saturated rings. The monoisotopic (exact) mass is 347 g/mol. The van der Waals surface area contributed by atoms with E-state index >= 15 is 0 Å². The lowest BCUT2D eigenvalue weighted by Gasteiger charge is -2.39. The molecular weight excluding hydrogens is 331 g/mol. The van der Waals surface area contributed by atoms with Crippen LogP contribution in [0.1, 0.15) is 6.92 Å². The predicted molar refractivity (Wildman–Crippen MR) is 78.6 cm³/mol. The van der Waals surface area contributed by atoms with Crippen molar-refractivity contribution in [3.05, 3.63) is 28.6 Å². The highest BCUT2D eigenvalue weighted by Crippen LogP contribution is 2.23. The molecule has 132 valence electrons. The molecule has 0 bridgehead atoms. The van der Waals surface area contributed by atoms with Gasteiger partial charge in [0.1, 0.15) is 11.9 Å². The van der Waals surface area contributed by atoms with Crippen molar-refractivity contribution in [1.29, 1.82) is 0 Å². The number of anilines is 1. The lowest BCUT2D eigenvalue weighted by Crippen LogP contribution is -2.56. The number of pyridine rings is 1. The molecule has 0 spiro atoms. The van der Waals surface area contributed by atoms with Crippen LogP contribution in [0.2, 0.25) is 0 Å². The number of amides is 2. The van der Waals surface area contributed by atoms with Crippen molar-refractivity contribution in [3.63, 3.8) is 0 Å². The summed E-state index contributed by atoms with van der Waals surface area (Å²) in [6.45, 7) is 0.845. The fourth-order valence-corrected chi connectivity index (χ4v) is 2.48. The molecule has 2 heterocycles. The van der Waals surface area contributed by atoms with Gasteiger partial charge in [0.25, 0.3) is 0 Å². The number of carbonyl (C=O) groups is 1. The van der Waals surface area contributed by atoms with Crippen LogP contribution in [-0.4, -0.2) is 64.1 Å². The first kappa shape index (κ1) is 17.9. The number of carbonyl (C=O) groups excluding carboxylic acids is 1. The summed E-state index contributed by atoms with van der Waals surface area (Å²) in [6, 6.07) is 0.223. The molecule has 1 aromatic heterocycles. The van der Waals surface area contributed by atoms with Crippen molar-refractivity contribution >= 4 is 17.4 Å². The third kappa shape index (κ3) is 4.54. The van der Waals surface area contributed by atoms with Gasteiger partial charge in [-0.3, -0.25) is 20.0 Å². The first-order chi connectivity index (χ1) is 11.2. The normalized spacial score (nSPS) is 19.2. The van der Waals surface area contributed by atoms with E-state index < -0.39 is 29.7 Å². The maximum absolute atomic E-state index is 12.5. The number of nitro groups is 1. The Hall–Kier alpha value is -2.43. The Morgan fingerprint density at radius 1 is 1.50 bits per heavy atom. The number of rotatable bonds is 3. The van der Waals surface area contributed by atoms with Gasteiger partial charge in [0, 0.05) is 31.9 Å². The molecule has 0 saturated carbocycles. The third-order valence-electron chi connectivity index (χ3n) is 3.67. The van der Waals surface area contributed by atoms with Gasteiger partial charge in [-0.25, -0.2) is 4.79 Å². The van der Waals surface area contributed by atoms with Crippen LogP contribution in [0.25, 0.3) is 0 Å². The highest BCUT2D eigenvalue weighted by Gasteiger charge is 2.36. The van der Waals surface area contributed by atoms with E-state index in [4.69, 9.17) is 0 Å². The van der Waals surface area contributed by atoms with Crippen molar-refractivity contribution in [2.24, 2.45) is 0 Å². The summed E-state index contributed by atoms with van der Waals surface area (Å²) in [6.07, 6.45) is -1.98. The van der Waals surface area contributed by atoms with Crippen LogP contribution in [-0.2, 0) is 0 Å². The lowest BCUT2D eigenvalue weighted by molar-refractivity contribution is -0.384. The fraction of sp³-hybridized carbons (Fsp3) is 0.538. The SMILES string of the molecule is CC1CN(C(=O)Nc2ccncc2[N+](=O)[O-])CCN1CC(F)(F)F. The van der Waals surface area contributed by atoms with E-state index in [9.17, 15) is 28.1 Å². The Morgan fingerprint density at radius 3 is 2.79 bits per heavy atom. The molecule has 0 aromatic carbocycles. The Bertz CT molecular complexity index is 625. The molecule has 1 N–H and O–H groups in total. The van der Waals surface area contributed by atoms with Gasteiger partial charge < -0.3 is 10.2 Å². The Morgan fingerprint density at radius 2 is 2.21 bits per heavy atom. The standard InChI is InChI=1S/C13H16F3N5O3/c1-9-7-19(4-5-20(9)8-13(14,15)16)12(22)18-10-2-3-17-6-11(10)21(23)24/h2-3,6,9H,4-5,7-8H2,1H3,(H,17,18,22). The number of aromatic nitrogens is 1. The van der Waals surface area contributed by atoms with Crippen LogP contribution in [0, 0.1) is 10.1 Å². The molecule has 1 aromatic rings. The second-order valence-corrected chi connectivity index (χ2v) is 5.46. The molecule has 1 atom stereocenters. The molecule has 1 saturated heterocycles. The van der Waals surface area contributed by atoms with Crippen molar-refractivity contribution in [1.82, 2.24) is 14.8 Å². The molecule has 0 radical (unpaired) electrons. The number of piperazine rings is 1. The van der Waals surface area contributed by atoms with Gasteiger partial charge in [0.2, 0.25) is 0 Å². The smallest absolute Gasteiger partial charge is 0.322 e. The highest BCUT2D eigenvalue weighted by molar-refractivity contribution is 5.91. The summed E-state index contributed by atoms with van der Waals surface area (Å²) in [7, 11) is 0. The summed E-state index contributed by atoms with van der Waals surface area (Å²) >= 11 is 0. The number of nitrogens with one attached hydrogen (secondary N) is 1. The van der Waals surface area contributed by atoms with Gasteiger partial charge in [-0.05, 0) is 13.0 Å². The van der Waals surface area contributed by atoms with Crippen LogP contribution < -0.4 is 5.32 Å². The van der Waals surface area contributed by atoms with E-state index in [0.717, 1.165) is 6.20 Å². The van der Waals surface area contributed by atoms with Gasteiger partial charge in [-0.2, -0.15) is 13.2 Å². The van der Waals surface area contributed by atoms with Crippen molar-refractivity contribution in [2.45, 2.75) is 19.1 Å². The second kappa shape index (κ2) is 6.99. The average molecular weight is 347 g/mol. The summed E-state index contributed by atoms with van der Waals surface area (Å²) in [5, 5.41) is 13.3. The quantitative estimate of drug-likeness (QED) is 0.668. The Balaban J connectivity index is 1.99. The molecule has 2 amide bonds. The summed E-state index contributed by atoms with van der Waals surface area (Å²) in [4.78, 5) is 28.6. The topological polar surface area (TPSA) is 91.6 Å². The molecular formula is C13H16F3N5O3. The number of urea groups is 1. The van der Waals surface area contributed by atoms with Crippen LogP contribution in [0.5, 0.6) is 0 Å². The van der Waals surface area contributed by atoms with Crippen molar-refractivity contribution in [2.75, 3.05) is 31.5 Å². The molecule has 1 aliphatic heterocycles. The minimum Gasteiger partial charge on any atom is -0.322 e. The largest absolute Gasteiger partial charge is 0.401 e. The summed E-state index contributed by atoms with van der Waals surface area (Å²) in [5.41, 5.74) is -0.361. The third-order valence-corrected chi connectivity index (χ3v) is 3.67. The molecule has 0 aliphatic carbocycles. The number of hydrogen-bond acceptors (Lipinski definition) is 5. The van der Waals surface area contributed by atoms with Crippen LogP contribution in [0.3, 0.4) is 0 Å². The van der Waals surface area contributed by atoms with E-state index in [1.54, 1.807) is 6.92 Å². The zero-order valence-corrected chi connectivity index (χ0v) is 12.8. The Labute approximate surface area is 135 Å². The molecule has 2 rings (SSSR count). The van der Waals surface area contributed by atoms with Crippen molar-refractivity contribution in [3.8, 4) is 0 Å². The van der Waals surface area contributed by atoms with Gasteiger partial charge in [0.05, 0.1) is 11.5 Å². The fourth-order valence-electron chi connectivity index (χ4n) is 2.48.